The number of hydrogen-bond acceptors (Lipinski definition) is 2. The number of carbonyl (C=O) groups is 1. The molecule has 1 unspecified atom stereocenters. The summed E-state index contributed by atoms with van der Waals surface area (Å²) in [6, 6.07) is 0. The molecule has 1 saturated carbocycles. The Labute approximate surface area is 85.7 Å². The Kier molecular flexibility index (Phi) is 3.93. The Morgan fingerprint density at radius 3 is 2.50 bits per heavy atom. The lowest BCUT2D eigenvalue weighted by molar-refractivity contribution is -0.150. The van der Waals surface area contributed by atoms with Crippen LogP contribution in [0.2, 0.25) is 0 Å². The quantitative estimate of drug-likeness (QED) is 0.616. The van der Waals surface area contributed by atoms with E-state index in [1.807, 2.05) is 0 Å². The molecule has 3 heteroatoms. The average Bonchev–Trinajstić information content (AvgIpc) is 2.96. The van der Waals surface area contributed by atoms with Gasteiger partial charge in [0.2, 0.25) is 0 Å². The smallest absolute Gasteiger partial charge is 0.311 e. The molecule has 0 aromatic rings. The molecule has 0 spiro atoms. The van der Waals surface area contributed by atoms with Crippen molar-refractivity contribution in [2.45, 2.75) is 45.4 Å². The van der Waals surface area contributed by atoms with Gasteiger partial charge in [-0.3, -0.25) is 4.79 Å². The first-order chi connectivity index (χ1) is 6.67. The predicted octanol–water partition coefficient (Wildman–Crippen LogP) is 2.01. The number of carboxylic acids is 1. The maximum Gasteiger partial charge on any atom is 0.311 e. The van der Waals surface area contributed by atoms with Gasteiger partial charge < -0.3 is 10.8 Å². The second-order valence-electron chi connectivity index (χ2n) is 4.40. The van der Waals surface area contributed by atoms with E-state index in [4.69, 9.17) is 5.73 Å². The van der Waals surface area contributed by atoms with E-state index >= 15 is 0 Å². The van der Waals surface area contributed by atoms with Crippen molar-refractivity contribution in [2.75, 3.05) is 6.54 Å². The monoisotopic (exact) mass is 199 g/mol. The van der Waals surface area contributed by atoms with Crippen molar-refractivity contribution < 1.29 is 9.90 Å². The van der Waals surface area contributed by atoms with Crippen LogP contribution in [-0.4, -0.2) is 17.6 Å². The molecule has 3 N–H and O–H groups in total. The lowest BCUT2D eigenvalue weighted by atomic mass is 9.78. The summed E-state index contributed by atoms with van der Waals surface area (Å²) >= 11 is 0. The zero-order valence-corrected chi connectivity index (χ0v) is 8.96. The highest BCUT2D eigenvalue weighted by Gasteiger charge is 2.49. The zero-order chi connectivity index (χ0) is 10.6. The third-order valence-corrected chi connectivity index (χ3v) is 3.38. The molecule has 1 aliphatic rings. The summed E-state index contributed by atoms with van der Waals surface area (Å²) in [5.74, 6) is -0.333. The van der Waals surface area contributed by atoms with Crippen LogP contribution >= 0.6 is 0 Å². The van der Waals surface area contributed by atoms with Gasteiger partial charge in [-0.05, 0) is 25.2 Å². The van der Waals surface area contributed by atoms with Crippen LogP contribution in [0.15, 0.2) is 0 Å². The van der Waals surface area contributed by atoms with Gasteiger partial charge in [0.15, 0.2) is 0 Å². The molecule has 1 atom stereocenters. The molecular weight excluding hydrogens is 178 g/mol. The Hall–Kier alpha value is -0.570. The van der Waals surface area contributed by atoms with Gasteiger partial charge in [-0.15, -0.1) is 0 Å². The minimum absolute atomic E-state index is 0.302. The lowest BCUT2D eigenvalue weighted by Crippen LogP contribution is -2.40. The molecule has 1 fully saturated rings. The molecule has 1 aliphatic carbocycles. The molecule has 0 heterocycles. The Bertz CT molecular complexity index is 201. The molecule has 0 aromatic carbocycles. The third kappa shape index (κ3) is 2.27. The maximum absolute atomic E-state index is 11.2. The zero-order valence-electron chi connectivity index (χ0n) is 8.96. The van der Waals surface area contributed by atoms with Crippen molar-refractivity contribution in [3.8, 4) is 0 Å². The van der Waals surface area contributed by atoms with Gasteiger partial charge in [-0.2, -0.15) is 0 Å². The summed E-state index contributed by atoms with van der Waals surface area (Å²) in [5.41, 5.74) is 5.05. The average molecular weight is 199 g/mol. The van der Waals surface area contributed by atoms with E-state index in [1.165, 1.54) is 0 Å². The minimum atomic E-state index is -0.682. The highest BCUT2D eigenvalue weighted by atomic mass is 16.4. The highest BCUT2D eigenvalue weighted by Crippen LogP contribution is 2.48. The van der Waals surface area contributed by atoms with Crippen LogP contribution in [0.25, 0.3) is 0 Å². The Morgan fingerprint density at radius 2 is 2.14 bits per heavy atom. The maximum atomic E-state index is 11.2. The van der Waals surface area contributed by atoms with Crippen molar-refractivity contribution in [1.82, 2.24) is 0 Å². The predicted molar refractivity (Wildman–Crippen MR) is 56.0 cm³/mol. The van der Waals surface area contributed by atoms with Gasteiger partial charge in [0.25, 0.3) is 0 Å². The van der Waals surface area contributed by atoms with E-state index in [0.717, 1.165) is 38.5 Å². The molecule has 0 saturated heterocycles. The summed E-state index contributed by atoms with van der Waals surface area (Å²) in [7, 11) is 0. The number of aliphatic carboxylic acids is 1. The largest absolute Gasteiger partial charge is 0.481 e. The van der Waals surface area contributed by atoms with Crippen LogP contribution < -0.4 is 5.73 Å². The molecule has 0 amide bonds. The van der Waals surface area contributed by atoms with Gasteiger partial charge in [-0.1, -0.05) is 26.2 Å². The van der Waals surface area contributed by atoms with Gasteiger partial charge in [0.05, 0.1) is 5.41 Å². The molecule has 0 bridgehead atoms. The number of rotatable bonds is 7. The lowest BCUT2D eigenvalue weighted by Gasteiger charge is -2.27. The first-order valence-corrected chi connectivity index (χ1v) is 5.61. The molecule has 3 nitrogen and oxygen atoms in total. The van der Waals surface area contributed by atoms with Gasteiger partial charge in [0, 0.05) is 6.54 Å². The van der Waals surface area contributed by atoms with Gasteiger partial charge in [-0.25, -0.2) is 0 Å². The molecular formula is C11H21NO2. The Morgan fingerprint density at radius 1 is 1.50 bits per heavy atom. The summed E-state index contributed by atoms with van der Waals surface area (Å²) < 4.78 is 0. The highest BCUT2D eigenvalue weighted by molar-refractivity contribution is 5.75. The molecule has 0 radical (unpaired) electrons. The van der Waals surface area contributed by atoms with Crippen LogP contribution in [0.3, 0.4) is 0 Å². The fourth-order valence-electron chi connectivity index (χ4n) is 2.17. The second kappa shape index (κ2) is 4.78. The minimum Gasteiger partial charge on any atom is -0.481 e. The Balaban J connectivity index is 2.54. The van der Waals surface area contributed by atoms with E-state index in [0.29, 0.717) is 12.5 Å². The second-order valence-corrected chi connectivity index (χ2v) is 4.40. The summed E-state index contributed by atoms with van der Waals surface area (Å²) in [4.78, 5) is 11.2. The molecule has 82 valence electrons. The van der Waals surface area contributed by atoms with Gasteiger partial charge in [0.1, 0.15) is 0 Å². The van der Waals surface area contributed by atoms with Crippen LogP contribution in [-0.2, 0) is 4.79 Å². The fraction of sp³-hybridized carbons (Fsp3) is 0.909. The summed E-state index contributed by atoms with van der Waals surface area (Å²) in [6.45, 7) is 2.43. The molecule has 0 aliphatic heterocycles. The van der Waals surface area contributed by atoms with Crippen LogP contribution in [0.5, 0.6) is 0 Å². The van der Waals surface area contributed by atoms with E-state index < -0.39 is 11.4 Å². The normalized spacial score (nSPS) is 20.4. The SMILES string of the molecule is CCCCCC(CN)(C(=O)O)C1CC1. The standard InChI is InChI=1S/C11H21NO2/c1-2-3-4-7-11(8-12,10(13)14)9-5-6-9/h9H,2-8,12H2,1H3,(H,13,14). The van der Waals surface area contributed by atoms with Crippen molar-refractivity contribution in [3.05, 3.63) is 0 Å². The molecule has 0 aromatic heterocycles. The third-order valence-electron chi connectivity index (χ3n) is 3.38. The van der Waals surface area contributed by atoms with Crippen molar-refractivity contribution in [2.24, 2.45) is 17.1 Å². The summed E-state index contributed by atoms with van der Waals surface area (Å²) in [6.07, 6.45) is 6.10. The van der Waals surface area contributed by atoms with E-state index in [1.54, 1.807) is 0 Å². The van der Waals surface area contributed by atoms with E-state index in [2.05, 4.69) is 6.92 Å². The van der Waals surface area contributed by atoms with Crippen LogP contribution in [0, 0.1) is 11.3 Å². The number of unbranched alkanes of at least 4 members (excludes halogenated alkanes) is 2. The van der Waals surface area contributed by atoms with Gasteiger partial charge >= 0.3 is 5.97 Å². The van der Waals surface area contributed by atoms with Crippen LogP contribution in [0.1, 0.15) is 45.4 Å². The van der Waals surface area contributed by atoms with Crippen molar-refractivity contribution >= 4 is 5.97 Å². The number of hydrogen-bond donors (Lipinski definition) is 2. The van der Waals surface area contributed by atoms with E-state index in [-0.39, 0.29) is 0 Å². The molecule has 1 rings (SSSR count). The van der Waals surface area contributed by atoms with Crippen molar-refractivity contribution in [3.63, 3.8) is 0 Å². The summed E-state index contributed by atoms with van der Waals surface area (Å²) in [5, 5.41) is 9.25. The topological polar surface area (TPSA) is 63.3 Å². The van der Waals surface area contributed by atoms with Crippen LogP contribution in [0.4, 0.5) is 0 Å². The first kappa shape index (κ1) is 11.5. The molecule has 14 heavy (non-hydrogen) atoms. The first-order valence-electron chi connectivity index (χ1n) is 5.61. The van der Waals surface area contributed by atoms with E-state index in [9.17, 15) is 9.90 Å². The fourth-order valence-corrected chi connectivity index (χ4v) is 2.17. The van der Waals surface area contributed by atoms with Crippen molar-refractivity contribution in [1.29, 1.82) is 0 Å². The number of carboxylic acid groups (broad SMARTS) is 1. The number of nitrogens with two attached hydrogens (primary N) is 1.